The molecule has 0 radical (unpaired) electrons. The minimum atomic E-state index is -0.531. The number of nitrogens with two attached hydrogens (primary N) is 1. The first-order valence-electron chi connectivity index (χ1n) is 6.79. The number of aromatic nitrogens is 2. The minimum Gasteiger partial charge on any atom is -0.444 e. The van der Waals surface area contributed by atoms with Gasteiger partial charge in [-0.3, -0.25) is 4.98 Å². The highest BCUT2D eigenvalue weighted by Crippen LogP contribution is 2.12. The third-order valence-corrected chi connectivity index (χ3v) is 2.71. The molecule has 112 valence electrons. The van der Waals surface area contributed by atoms with E-state index in [2.05, 4.69) is 15.3 Å². The van der Waals surface area contributed by atoms with E-state index >= 15 is 0 Å². The predicted octanol–water partition coefficient (Wildman–Crippen LogP) is 2.15. The lowest BCUT2D eigenvalue weighted by Gasteiger charge is -2.20. The topological polar surface area (TPSA) is 90.1 Å². The molecule has 0 aliphatic rings. The Bertz CT molecular complexity index is 637. The number of rotatable bonds is 3. The number of amides is 1. The third kappa shape index (κ3) is 4.39. The number of ether oxygens (including phenoxy) is 1. The average molecular weight is 288 g/mol. The molecule has 2 aromatic rings. The second-order valence-corrected chi connectivity index (χ2v) is 5.77. The molecule has 0 aliphatic heterocycles. The molecule has 1 amide bonds. The highest BCUT2D eigenvalue weighted by molar-refractivity contribution is 5.73. The number of fused-ring (bicyclic) bond motifs is 1. The molecule has 3 N–H and O–H groups in total. The summed E-state index contributed by atoms with van der Waals surface area (Å²) in [5, 5.41) is 2.63. The number of benzene rings is 1. The van der Waals surface area contributed by atoms with Gasteiger partial charge in [0.05, 0.1) is 29.0 Å². The van der Waals surface area contributed by atoms with Crippen LogP contribution in [0.2, 0.25) is 0 Å². The summed E-state index contributed by atoms with van der Waals surface area (Å²) in [5.41, 5.74) is 7.72. The zero-order chi connectivity index (χ0) is 15.5. The van der Waals surface area contributed by atoms with Crippen molar-refractivity contribution in [2.75, 3.05) is 6.54 Å². The number of para-hydroxylation sites is 2. The zero-order valence-electron chi connectivity index (χ0n) is 12.5. The molecule has 0 fully saturated rings. The number of alkyl carbamates (subject to hydrolysis) is 1. The van der Waals surface area contributed by atoms with Crippen molar-refractivity contribution in [3.63, 3.8) is 0 Å². The summed E-state index contributed by atoms with van der Waals surface area (Å²) in [5.74, 6) is 0. The van der Waals surface area contributed by atoms with Crippen LogP contribution in [0.1, 0.15) is 32.5 Å². The summed E-state index contributed by atoms with van der Waals surface area (Å²) in [4.78, 5) is 20.3. The molecule has 0 aliphatic carbocycles. The van der Waals surface area contributed by atoms with Gasteiger partial charge in [0.2, 0.25) is 0 Å². The van der Waals surface area contributed by atoms with Crippen molar-refractivity contribution in [1.82, 2.24) is 15.3 Å². The van der Waals surface area contributed by atoms with Crippen molar-refractivity contribution in [3.8, 4) is 0 Å². The van der Waals surface area contributed by atoms with Gasteiger partial charge in [-0.2, -0.15) is 0 Å². The minimum absolute atomic E-state index is 0.238. The van der Waals surface area contributed by atoms with Gasteiger partial charge in [0.15, 0.2) is 0 Å². The van der Waals surface area contributed by atoms with E-state index in [1.807, 2.05) is 24.3 Å². The summed E-state index contributed by atoms with van der Waals surface area (Å²) in [7, 11) is 0. The maximum absolute atomic E-state index is 11.6. The molecule has 1 aromatic carbocycles. The van der Waals surface area contributed by atoms with Gasteiger partial charge >= 0.3 is 6.09 Å². The second kappa shape index (κ2) is 6.05. The molecular weight excluding hydrogens is 268 g/mol. The molecule has 0 saturated carbocycles. The molecular formula is C15H20N4O2. The van der Waals surface area contributed by atoms with E-state index < -0.39 is 17.7 Å². The van der Waals surface area contributed by atoms with E-state index in [0.717, 1.165) is 11.0 Å². The SMILES string of the molecule is CC(C)(C)OC(=O)NCC(N)c1cnc2ccccc2n1. The van der Waals surface area contributed by atoms with Gasteiger partial charge in [0.1, 0.15) is 5.60 Å². The van der Waals surface area contributed by atoms with Gasteiger partial charge in [-0.25, -0.2) is 9.78 Å². The lowest BCUT2D eigenvalue weighted by Crippen LogP contribution is -2.36. The summed E-state index contributed by atoms with van der Waals surface area (Å²) >= 11 is 0. The Morgan fingerprint density at radius 1 is 1.33 bits per heavy atom. The second-order valence-electron chi connectivity index (χ2n) is 5.77. The molecule has 1 atom stereocenters. The molecule has 0 spiro atoms. The van der Waals surface area contributed by atoms with Crippen molar-refractivity contribution < 1.29 is 9.53 Å². The van der Waals surface area contributed by atoms with Gasteiger partial charge in [-0.1, -0.05) is 12.1 Å². The zero-order valence-corrected chi connectivity index (χ0v) is 12.5. The first-order chi connectivity index (χ1) is 9.85. The van der Waals surface area contributed by atoms with Crippen molar-refractivity contribution >= 4 is 17.1 Å². The Balaban J connectivity index is 1.99. The van der Waals surface area contributed by atoms with E-state index in [0.29, 0.717) is 5.69 Å². The monoisotopic (exact) mass is 288 g/mol. The Kier molecular flexibility index (Phi) is 4.37. The van der Waals surface area contributed by atoms with Crippen LogP contribution in [-0.4, -0.2) is 28.2 Å². The maximum Gasteiger partial charge on any atom is 0.407 e. The molecule has 0 bridgehead atoms. The van der Waals surface area contributed by atoms with Crippen molar-refractivity contribution in [1.29, 1.82) is 0 Å². The molecule has 1 unspecified atom stereocenters. The Morgan fingerprint density at radius 2 is 2.00 bits per heavy atom. The first kappa shape index (κ1) is 15.2. The normalized spacial score (nSPS) is 13.0. The standard InChI is InChI=1S/C15H20N4O2/c1-15(2,3)21-14(20)18-8-10(16)13-9-17-11-6-4-5-7-12(11)19-13/h4-7,9-10H,8,16H2,1-3H3,(H,18,20). The smallest absolute Gasteiger partial charge is 0.407 e. The fourth-order valence-corrected chi connectivity index (χ4v) is 1.76. The van der Waals surface area contributed by atoms with Crippen LogP contribution in [0.3, 0.4) is 0 Å². The molecule has 6 nitrogen and oxygen atoms in total. The number of hydrogen-bond donors (Lipinski definition) is 2. The van der Waals surface area contributed by atoms with Crippen LogP contribution in [0.25, 0.3) is 11.0 Å². The number of carbonyl (C=O) groups excluding carboxylic acids is 1. The molecule has 0 saturated heterocycles. The Labute approximate surface area is 123 Å². The number of nitrogens with one attached hydrogen (secondary N) is 1. The molecule has 2 rings (SSSR count). The third-order valence-electron chi connectivity index (χ3n) is 2.71. The van der Waals surface area contributed by atoms with Crippen LogP contribution in [0.4, 0.5) is 4.79 Å². The van der Waals surface area contributed by atoms with Gasteiger partial charge in [0.25, 0.3) is 0 Å². The number of hydrogen-bond acceptors (Lipinski definition) is 5. The van der Waals surface area contributed by atoms with E-state index in [-0.39, 0.29) is 6.54 Å². The number of nitrogens with zero attached hydrogens (tertiary/aromatic N) is 2. The van der Waals surface area contributed by atoms with Crippen LogP contribution in [0, 0.1) is 0 Å². The maximum atomic E-state index is 11.6. The van der Waals surface area contributed by atoms with Crippen LogP contribution in [0.15, 0.2) is 30.5 Å². The van der Waals surface area contributed by atoms with Gasteiger partial charge in [0, 0.05) is 6.54 Å². The van der Waals surface area contributed by atoms with Gasteiger partial charge in [-0.05, 0) is 32.9 Å². The predicted molar refractivity (Wildman–Crippen MR) is 80.7 cm³/mol. The van der Waals surface area contributed by atoms with Gasteiger partial charge < -0.3 is 15.8 Å². The molecule has 21 heavy (non-hydrogen) atoms. The largest absolute Gasteiger partial charge is 0.444 e. The fraction of sp³-hybridized carbons (Fsp3) is 0.400. The first-order valence-corrected chi connectivity index (χ1v) is 6.79. The lowest BCUT2D eigenvalue weighted by atomic mass is 10.2. The summed E-state index contributed by atoms with van der Waals surface area (Å²) in [6, 6.07) is 7.12. The van der Waals surface area contributed by atoms with Gasteiger partial charge in [-0.15, -0.1) is 0 Å². The fourth-order valence-electron chi connectivity index (χ4n) is 1.76. The Hall–Kier alpha value is -2.21. The van der Waals surface area contributed by atoms with Crippen LogP contribution in [-0.2, 0) is 4.74 Å². The van der Waals surface area contributed by atoms with Crippen molar-refractivity contribution in [3.05, 3.63) is 36.2 Å². The molecule has 6 heteroatoms. The summed E-state index contributed by atoms with van der Waals surface area (Å²) in [6.07, 6.45) is 1.13. The number of carbonyl (C=O) groups is 1. The highest BCUT2D eigenvalue weighted by Gasteiger charge is 2.17. The average Bonchev–Trinajstić information content (AvgIpc) is 2.42. The summed E-state index contributed by atoms with van der Waals surface area (Å²) < 4.78 is 5.15. The van der Waals surface area contributed by atoms with Crippen molar-refractivity contribution in [2.45, 2.75) is 32.4 Å². The summed E-state index contributed by atoms with van der Waals surface area (Å²) in [6.45, 7) is 5.66. The lowest BCUT2D eigenvalue weighted by molar-refractivity contribution is 0.0524. The van der Waals surface area contributed by atoms with Crippen molar-refractivity contribution in [2.24, 2.45) is 5.73 Å². The quantitative estimate of drug-likeness (QED) is 0.903. The van der Waals surface area contributed by atoms with E-state index in [4.69, 9.17) is 10.5 Å². The molecule has 1 heterocycles. The van der Waals surface area contributed by atoms with Crippen LogP contribution < -0.4 is 11.1 Å². The van der Waals surface area contributed by atoms with E-state index in [1.54, 1.807) is 27.0 Å². The van der Waals surface area contributed by atoms with Crippen LogP contribution >= 0.6 is 0 Å². The molecule has 1 aromatic heterocycles. The Morgan fingerprint density at radius 3 is 2.67 bits per heavy atom. The highest BCUT2D eigenvalue weighted by atomic mass is 16.6. The van der Waals surface area contributed by atoms with E-state index in [1.165, 1.54) is 0 Å². The van der Waals surface area contributed by atoms with Crippen LogP contribution in [0.5, 0.6) is 0 Å². The van der Waals surface area contributed by atoms with E-state index in [9.17, 15) is 4.79 Å².